The smallest absolute Gasteiger partial charge is 0.230 e. The average molecular weight is 282 g/mol. The Balaban J connectivity index is 2.39. The van der Waals surface area contributed by atoms with Crippen LogP contribution in [0.3, 0.4) is 0 Å². The highest BCUT2D eigenvalue weighted by Gasteiger charge is 2.50. The molecule has 3 nitrogen and oxygen atoms in total. The highest BCUT2D eigenvalue weighted by atomic mass is 16.2. The molecule has 1 aliphatic rings. The maximum absolute atomic E-state index is 12.6. The monoisotopic (exact) mass is 282 g/mol. The summed E-state index contributed by atoms with van der Waals surface area (Å²) in [5, 5.41) is 0. The molecule has 0 spiro atoms. The first-order valence-electron chi connectivity index (χ1n) is 8.69. The van der Waals surface area contributed by atoms with Gasteiger partial charge < -0.3 is 10.6 Å². The molecule has 0 atom stereocenters. The SMILES string of the molecule is CCCCCCN(CCCCCC)C(=O)C1(CN)CC1. The molecule has 1 saturated carbocycles. The van der Waals surface area contributed by atoms with Crippen molar-refractivity contribution in [3.05, 3.63) is 0 Å². The van der Waals surface area contributed by atoms with E-state index >= 15 is 0 Å². The van der Waals surface area contributed by atoms with Gasteiger partial charge in [-0.05, 0) is 25.7 Å². The van der Waals surface area contributed by atoms with Crippen LogP contribution in [-0.4, -0.2) is 30.4 Å². The van der Waals surface area contributed by atoms with Crippen molar-refractivity contribution in [2.45, 2.75) is 78.1 Å². The molecule has 0 saturated heterocycles. The topological polar surface area (TPSA) is 46.3 Å². The molecule has 0 aromatic carbocycles. The molecule has 1 amide bonds. The third-order valence-electron chi connectivity index (χ3n) is 4.55. The van der Waals surface area contributed by atoms with Gasteiger partial charge in [0.15, 0.2) is 0 Å². The van der Waals surface area contributed by atoms with Gasteiger partial charge in [-0.2, -0.15) is 0 Å². The lowest BCUT2D eigenvalue weighted by Crippen LogP contribution is -2.41. The molecule has 0 unspecified atom stereocenters. The zero-order valence-corrected chi connectivity index (χ0v) is 13.6. The van der Waals surface area contributed by atoms with Crippen molar-refractivity contribution < 1.29 is 4.79 Å². The highest BCUT2D eigenvalue weighted by Crippen LogP contribution is 2.46. The summed E-state index contributed by atoms with van der Waals surface area (Å²) >= 11 is 0. The normalized spacial score (nSPS) is 16.1. The van der Waals surface area contributed by atoms with Gasteiger partial charge in [0, 0.05) is 19.6 Å². The number of carbonyl (C=O) groups is 1. The second-order valence-corrected chi connectivity index (χ2v) is 6.40. The van der Waals surface area contributed by atoms with Crippen LogP contribution in [0.4, 0.5) is 0 Å². The zero-order chi connectivity index (χ0) is 14.8. The van der Waals surface area contributed by atoms with Crippen LogP contribution in [0.1, 0.15) is 78.1 Å². The van der Waals surface area contributed by atoms with E-state index in [-0.39, 0.29) is 5.41 Å². The largest absolute Gasteiger partial charge is 0.342 e. The zero-order valence-electron chi connectivity index (χ0n) is 13.6. The van der Waals surface area contributed by atoms with Crippen LogP contribution in [0.25, 0.3) is 0 Å². The quantitative estimate of drug-likeness (QED) is 0.555. The van der Waals surface area contributed by atoms with Crippen molar-refractivity contribution in [2.75, 3.05) is 19.6 Å². The number of hydrogen-bond donors (Lipinski definition) is 1. The van der Waals surface area contributed by atoms with Crippen LogP contribution in [0, 0.1) is 5.41 Å². The molecule has 1 fully saturated rings. The standard InChI is InChI=1S/C17H34N2O/c1-3-5-7-9-13-19(14-10-8-6-4-2)16(20)17(15-18)11-12-17/h3-15,18H2,1-2H3. The highest BCUT2D eigenvalue weighted by molar-refractivity contribution is 5.85. The van der Waals surface area contributed by atoms with E-state index in [0.717, 1.165) is 38.8 Å². The van der Waals surface area contributed by atoms with Crippen molar-refractivity contribution in [1.29, 1.82) is 0 Å². The van der Waals surface area contributed by atoms with Crippen LogP contribution >= 0.6 is 0 Å². The number of nitrogens with two attached hydrogens (primary N) is 1. The van der Waals surface area contributed by atoms with Gasteiger partial charge in [-0.25, -0.2) is 0 Å². The van der Waals surface area contributed by atoms with E-state index in [2.05, 4.69) is 18.7 Å². The molecule has 0 heterocycles. The number of amides is 1. The minimum Gasteiger partial charge on any atom is -0.342 e. The Morgan fingerprint density at radius 2 is 1.45 bits per heavy atom. The molecule has 0 bridgehead atoms. The number of hydrogen-bond acceptors (Lipinski definition) is 2. The molecule has 2 N–H and O–H groups in total. The average Bonchev–Trinajstić information content (AvgIpc) is 3.26. The van der Waals surface area contributed by atoms with Crippen molar-refractivity contribution >= 4 is 5.91 Å². The summed E-state index contributed by atoms with van der Waals surface area (Å²) < 4.78 is 0. The summed E-state index contributed by atoms with van der Waals surface area (Å²) in [5.41, 5.74) is 5.64. The maximum Gasteiger partial charge on any atom is 0.230 e. The van der Waals surface area contributed by atoms with Crippen molar-refractivity contribution in [1.82, 2.24) is 4.90 Å². The summed E-state index contributed by atoms with van der Waals surface area (Å²) in [7, 11) is 0. The Kier molecular flexibility index (Phi) is 8.20. The summed E-state index contributed by atoms with van der Waals surface area (Å²) in [4.78, 5) is 14.7. The maximum atomic E-state index is 12.6. The van der Waals surface area contributed by atoms with Gasteiger partial charge in [0.25, 0.3) is 0 Å². The summed E-state index contributed by atoms with van der Waals surface area (Å²) in [6.45, 7) is 6.86. The van der Waals surface area contributed by atoms with E-state index in [1.807, 2.05) is 0 Å². The molecule has 0 aromatic heterocycles. The van der Waals surface area contributed by atoms with Crippen molar-refractivity contribution in [3.63, 3.8) is 0 Å². The number of nitrogens with zero attached hydrogens (tertiary/aromatic N) is 1. The van der Waals surface area contributed by atoms with Crippen LogP contribution in [0.5, 0.6) is 0 Å². The third kappa shape index (κ3) is 5.43. The molecule has 0 aromatic rings. The predicted octanol–water partition coefficient (Wildman–Crippen LogP) is 3.71. The number of unbranched alkanes of at least 4 members (excludes halogenated alkanes) is 6. The minimum atomic E-state index is -0.171. The van der Waals surface area contributed by atoms with Gasteiger partial charge in [-0.1, -0.05) is 52.4 Å². The van der Waals surface area contributed by atoms with E-state index < -0.39 is 0 Å². The lowest BCUT2D eigenvalue weighted by atomic mass is 10.0. The number of rotatable bonds is 12. The molecular weight excluding hydrogens is 248 g/mol. The van der Waals surface area contributed by atoms with Crippen LogP contribution < -0.4 is 5.73 Å². The van der Waals surface area contributed by atoms with Gasteiger partial charge in [-0.3, -0.25) is 4.79 Å². The molecule has 0 aliphatic heterocycles. The predicted molar refractivity (Wildman–Crippen MR) is 85.6 cm³/mol. The van der Waals surface area contributed by atoms with Crippen LogP contribution in [-0.2, 0) is 4.79 Å². The fraction of sp³-hybridized carbons (Fsp3) is 0.941. The van der Waals surface area contributed by atoms with Gasteiger partial charge in [0.1, 0.15) is 0 Å². The van der Waals surface area contributed by atoms with Crippen molar-refractivity contribution in [2.24, 2.45) is 11.1 Å². The van der Waals surface area contributed by atoms with Gasteiger partial charge in [0.05, 0.1) is 5.41 Å². The Bertz CT molecular complexity index is 262. The van der Waals surface area contributed by atoms with Gasteiger partial charge in [-0.15, -0.1) is 0 Å². The van der Waals surface area contributed by atoms with Gasteiger partial charge in [0.2, 0.25) is 5.91 Å². The van der Waals surface area contributed by atoms with Crippen LogP contribution in [0.15, 0.2) is 0 Å². The van der Waals surface area contributed by atoms with E-state index in [4.69, 9.17) is 5.73 Å². The van der Waals surface area contributed by atoms with Gasteiger partial charge >= 0.3 is 0 Å². The fourth-order valence-corrected chi connectivity index (χ4v) is 2.77. The summed E-state index contributed by atoms with van der Waals surface area (Å²) in [6, 6.07) is 0. The summed E-state index contributed by atoms with van der Waals surface area (Å²) in [6.07, 6.45) is 11.8. The van der Waals surface area contributed by atoms with E-state index in [1.54, 1.807) is 0 Å². The molecule has 1 rings (SSSR count). The van der Waals surface area contributed by atoms with Crippen molar-refractivity contribution in [3.8, 4) is 0 Å². The molecule has 118 valence electrons. The lowest BCUT2D eigenvalue weighted by Gasteiger charge is -2.27. The van der Waals surface area contributed by atoms with E-state index in [9.17, 15) is 4.79 Å². The number of carbonyl (C=O) groups excluding carboxylic acids is 1. The molecule has 1 aliphatic carbocycles. The van der Waals surface area contributed by atoms with Crippen LogP contribution in [0.2, 0.25) is 0 Å². The summed E-state index contributed by atoms with van der Waals surface area (Å²) in [5.74, 6) is 0.341. The molecule has 0 radical (unpaired) electrons. The molecule has 3 heteroatoms. The van der Waals surface area contributed by atoms with E-state index in [0.29, 0.717) is 12.5 Å². The van der Waals surface area contributed by atoms with E-state index in [1.165, 1.54) is 38.5 Å². The minimum absolute atomic E-state index is 0.171. The second kappa shape index (κ2) is 9.38. The second-order valence-electron chi connectivity index (χ2n) is 6.40. The Morgan fingerprint density at radius 1 is 0.950 bits per heavy atom. The first kappa shape index (κ1) is 17.5. The lowest BCUT2D eigenvalue weighted by molar-refractivity contribution is -0.136. The molecular formula is C17H34N2O. The molecule has 20 heavy (non-hydrogen) atoms. The Morgan fingerprint density at radius 3 is 1.80 bits per heavy atom. The Labute approximate surface area is 125 Å². The third-order valence-corrected chi connectivity index (χ3v) is 4.55. The first-order chi connectivity index (χ1) is 9.70. The Hall–Kier alpha value is -0.570. The first-order valence-corrected chi connectivity index (χ1v) is 8.69. The fourth-order valence-electron chi connectivity index (χ4n) is 2.77.